The maximum atomic E-state index is 12.2. The SMILES string of the molecule is Cc1cc(S(=O)(=O)NCCCN2CCCCC2C)sc1Br. The van der Waals surface area contributed by atoms with E-state index in [4.69, 9.17) is 0 Å². The van der Waals surface area contributed by atoms with Crippen molar-refractivity contribution in [2.45, 2.75) is 49.8 Å². The number of nitrogens with zero attached hydrogens (tertiary/aromatic N) is 1. The number of hydrogen-bond donors (Lipinski definition) is 1. The lowest BCUT2D eigenvalue weighted by Gasteiger charge is -2.33. The second kappa shape index (κ2) is 7.55. The van der Waals surface area contributed by atoms with Crippen LogP contribution < -0.4 is 4.72 Å². The lowest BCUT2D eigenvalue weighted by atomic mass is 10.0. The first kappa shape index (κ1) is 17.4. The molecule has 0 aromatic carbocycles. The monoisotopic (exact) mass is 394 g/mol. The quantitative estimate of drug-likeness (QED) is 0.752. The Morgan fingerprint density at radius 1 is 1.48 bits per heavy atom. The van der Waals surface area contributed by atoms with Crippen molar-refractivity contribution in [3.63, 3.8) is 0 Å². The van der Waals surface area contributed by atoms with Crippen molar-refractivity contribution in [3.05, 3.63) is 15.4 Å². The highest BCUT2D eigenvalue weighted by molar-refractivity contribution is 9.11. The molecule has 1 N–H and O–H groups in total. The normalized spacial score (nSPS) is 20.8. The molecular weight excluding hydrogens is 372 g/mol. The second-order valence-corrected chi connectivity index (χ2v) is 10.0. The molecule has 1 saturated heterocycles. The Hall–Kier alpha value is 0.0500. The first-order valence-corrected chi connectivity index (χ1v) is 10.5. The van der Waals surface area contributed by atoms with Crippen molar-refractivity contribution >= 4 is 37.3 Å². The Morgan fingerprint density at radius 3 is 2.86 bits per heavy atom. The van der Waals surface area contributed by atoms with Crippen molar-refractivity contribution in [1.29, 1.82) is 0 Å². The number of aryl methyl sites for hydroxylation is 1. The number of sulfonamides is 1. The largest absolute Gasteiger partial charge is 0.301 e. The van der Waals surface area contributed by atoms with Gasteiger partial charge >= 0.3 is 0 Å². The van der Waals surface area contributed by atoms with Crippen LogP contribution in [-0.2, 0) is 10.0 Å². The van der Waals surface area contributed by atoms with Crippen LogP contribution >= 0.6 is 27.3 Å². The summed E-state index contributed by atoms with van der Waals surface area (Å²) in [5.41, 5.74) is 0.961. The molecule has 1 aromatic heterocycles. The van der Waals surface area contributed by atoms with Gasteiger partial charge in [-0.1, -0.05) is 6.42 Å². The fourth-order valence-corrected chi connectivity index (χ4v) is 5.96. The Bertz CT molecular complexity index is 552. The highest BCUT2D eigenvalue weighted by atomic mass is 79.9. The molecule has 1 aromatic rings. The number of rotatable bonds is 6. The summed E-state index contributed by atoms with van der Waals surface area (Å²) in [5.74, 6) is 0. The molecule has 0 aliphatic carbocycles. The lowest BCUT2D eigenvalue weighted by molar-refractivity contribution is 0.159. The van der Waals surface area contributed by atoms with E-state index in [1.54, 1.807) is 6.07 Å². The van der Waals surface area contributed by atoms with Gasteiger partial charge in [0.2, 0.25) is 10.0 Å². The van der Waals surface area contributed by atoms with Gasteiger partial charge in [-0.2, -0.15) is 0 Å². The molecule has 1 unspecified atom stereocenters. The highest BCUT2D eigenvalue weighted by Crippen LogP contribution is 2.30. The third-order valence-corrected chi connectivity index (χ3v) is 8.03. The molecule has 0 radical (unpaired) electrons. The molecule has 0 saturated carbocycles. The zero-order valence-electron chi connectivity index (χ0n) is 12.6. The molecule has 4 nitrogen and oxygen atoms in total. The van der Waals surface area contributed by atoms with Crippen LogP contribution in [0.5, 0.6) is 0 Å². The van der Waals surface area contributed by atoms with Crippen molar-refractivity contribution in [3.8, 4) is 0 Å². The first-order valence-electron chi connectivity index (χ1n) is 7.40. The second-order valence-electron chi connectivity index (χ2n) is 5.65. The number of thiophene rings is 1. The summed E-state index contributed by atoms with van der Waals surface area (Å²) in [6.07, 6.45) is 4.69. The topological polar surface area (TPSA) is 49.4 Å². The molecule has 0 amide bonds. The predicted molar refractivity (Wildman–Crippen MR) is 91.4 cm³/mol. The average Bonchev–Trinajstić information content (AvgIpc) is 2.77. The number of halogens is 1. The molecule has 21 heavy (non-hydrogen) atoms. The minimum absolute atomic E-state index is 0.387. The van der Waals surface area contributed by atoms with Gasteiger partial charge in [0.05, 0.1) is 3.79 Å². The molecule has 2 heterocycles. The van der Waals surface area contributed by atoms with E-state index in [1.165, 1.54) is 30.6 Å². The molecule has 7 heteroatoms. The number of hydrogen-bond acceptors (Lipinski definition) is 4. The minimum Gasteiger partial charge on any atom is -0.301 e. The van der Waals surface area contributed by atoms with Crippen LogP contribution in [0.2, 0.25) is 0 Å². The zero-order valence-corrected chi connectivity index (χ0v) is 15.8. The molecule has 1 fully saturated rings. The maximum absolute atomic E-state index is 12.2. The molecular formula is C14H23BrN2O2S2. The van der Waals surface area contributed by atoms with Crippen LogP contribution in [0.4, 0.5) is 0 Å². The number of piperidine rings is 1. The molecule has 0 spiro atoms. The van der Waals surface area contributed by atoms with Gasteiger partial charge in [0.15, 0.2) is 0 Å². The van der Waals surface area contributed by atoms with Crippen molar-refractivity contribution in [2.24, 2.45) is 0 Å². The average molecular weight is 395 g/mol. The van der Waals surface area contributed by atoms with E-state index in [-0.39, 0.29) is 0 Å². The summed E-state index contributed by atoms with van der Waals surface area (Å²) in [6.45, 7) is 6.77. The highest BCUT2D eigenvalue weighted by Gasteiger charge is 2.19. The standard InChI is InChI=1S/C14H23BrN2O2S2/c1-11-10-13(20-14(11)15)21(18,19)16-7-5-9-17-8-4-3-6-12(17)2/h10,12,16H,3-9H2,1-2H3. The first-order chi connectivity index (χ1) is 9.90. The third kappa shape index (κ3) is 4.76. The van der Waals surface area contributed by atoms with Crippen molar-refractivity contribution in [2.75, 3.05) is 19.6 Å². The van der Waals surface area contributed by atoms with Crippen LogP contribution in [0.3, 0.4) is 0 Å². The molecule has 2 rings (SSSR count). The Labute approximate surface area is 140 Å². The smallest absolute Gasteiger partial charge is 0.250 e. The van der Waals surface area contributed by atoms with E-state index in [1.807, 2.05) is 6.92 Å². The summed E-state index contributed by atoms with van der Waals surface area (Å²) in [4.78, 5) is 2.46. The van der Waals surface area contributed by atoms with Gasteiger partial charge in [-0.25, -0.2) is 13.1 Å². The molecule has 1 aliphatic heterocycles. The van der Waals surface area contributed by atoms with E-state index < -0.39 is 10.0 Å². The Morgan fingerprint density at radius 2 is 2.24 bits per heavy atom. The van der Waals surface area contributed by atoms with Crippen LogP contribution in [0.1, 0.15) is 38.2 Å². The minimum atomic E-state index is -3.36. The van der Waals surface area contributed by atoms with Crippen LogP contribution in [0.25, 0.3) is 0 Å². The molecule has 1 atom stereocenters. The molecule has 120 valence electrons. The molecule has 1 aliphatic rings. The summed E-state index contributed by atoms with van der Waals surface area (Å²) in [5, 5.41) is 0. The fourth-order valence-electron chi connectivity index (χ4n) is 2.61. The van der Waals surface area contributed by atoms with Crippen LogP contribution in [0.15, 0.2) is 14.1 Å². The van der Waals surface area contributed by atoms with E-state index in [0.29, 0.717) is 16.8 Å². The van der Waals surface area contributed by atoms with Gasteiger partial charge in [0, 0.05) is 12.6 Å². The molecule has 0 bridgehead atoms. The van der Waals surface area contributed by atoms with Gasteiger partial charge in [0.25, 0.3) is 0 Å². The number of nitrogens with one attached hydrogen (secondary N) is 1. The summed E-state index contributed by atoms with van der Waals surface area (Å²) < 4.78 is 28.3. The maximum Gasteiger partial charge on any atom is 0.250 e. The summed E-state index contributed by atoms with van der Waals surface area (Å²) in [6, 6.07) is 2.34. The van der Waals surface area contributed by atoms with E-state index in [9.17, 15) is 8.42 Å². The summed E-state index contributed by atoms with van der Waals surface area (Å²) in [7, 11) is -3.36. The van der Waals surface area contributed by atoms with Gasteiger partial charge in [-0.05, 0) is 73.8 Å². The van der Waals surface area contributed by atoms with Gasteiger partial charge < -0.3 is 4.90 Å². The van der Waals surface area contributed by atoms with E-state index in [0.717, 1.165) is 28.9 Å². The van der Waals surface area contributed by atoms with Gasteiger partial charge in [-0.15, -0.1) is 11.3 Å². The Kier molecular flexibility index (Phi) is 6.25. The Balaban J connectivity index is 1.79. The van der Waals surface area contributed by atoms with Crippen molar-refractivity contribution < 1.29 is 8.42 Å². The van der Waals surface area contributed by atoms with Gasteiger partial charge in [0.1, 0.15) is 4.21 Å². The van der Waals surface area contributed by atoms with E-state index >= 15 is 0 Å². The van der Waals surface area contributed by atoms with Crippen LogP contribution in [0, 0.1) is 6.92 Å². The number of likely N-dealkylation sites (tertiary alicyclic amines) is 1. The predicted octanol–water partition coefficient (Wildman–Crippen LogP) is 3.36. The van der Waals surface area contributed by atoms with Gasteiger partial charge in [-0.3, -0.25) is 0 Å². The fraction of sp³-hybridized carbons (Fsp3) is 0.714. The third-order valence-electron chi connectivity index (χ3n) is 3.95. The van der Waals surface area contributed by atoms with Crippen molar-refractivity contribution in [1.82, 2.24) is 9.62 Å². The zero-order chi connectivity index (χ0) is 15.5. The van der Waals surface area contributed by atoms with E-state index in [2.05, 4.69) is 32.5 Å². The summed E-state index contributed by atoms with van der Waals surface area (Å²) >= 11 is 4.63. The lowest BCUT2D eigenvalue weighted by Crippen LogP contribution is -2.39. The van der Waals surface area contributed by atoms with Crippen LogP contribution in [-0.4, -0.2) is 39.0 Å².